The molecule has 0 rings (SSSR count). The Hall–Kier alpha value is -3.07. The highest BCUT2D eigenvalue weighted by atomic mass is 31.2. The smallest absolute Gasteiger partial charge is 0.306 e. The van der Waals surface area contributed by atoms with Gasteiger partial charge in [-0.3, -0.25) is 14.2 Å². The van der Waals surface area contributed by atoms with E-state index in [9.17, 15) is 19.0 Å². The fourth-order valence-corrected chi connectivity index (χ4v) is 10.4. The molecule has 0 bridgehead atoms. The summed E-state index contributed by atoms with van der Waals surface area (Å²) in [6.07, 6.45) is 84.0. The van der Waals surface area contributed by atoms with Gasteiger partial charge in [-0.25, -0.2) is 0 Å². The summed E-state index contributed by atoms with van der Waals surface area (Å²) in [5.74, 6) is -0.604. The van der Waals surface area contributed by atoms with Gasteiger partial charge < -0.3 is 28.5 Å². The second-order valence-electron chi connectivity index (χ2n) is 24.3. The molecule has 0 aliphatic heterocycles. The number of ether oxygens (including phenoxy) is 1. The van der Waals surface area contributed by atoms with E-state index in [0.717, 1.165) is 83.5 Å². The van der Waals surface area contributed by atoms with Gasteiger partial charge in [0.25, 0.3) is 7.82 Å². The van der Waals surface area contributed by atoms with Crippen LogP contribution < -0.4 is 10.2 Å². The zero-order valence-electron chi connectivity index (χ0n) is 54.9. The Morgan fingerprint density at radius 2 is 0.783 bits per heavy atom. The summed E-state index contributed by atoms with van der Waals surface area (Å²) in [5, 5.41) is 3.03. The van der Waals surface area contributed by atoms with Gasteiger partial charge in [0.2, 0.25) is 5.91 Å². The van der Waals surface area contributed by atoms with Crippen molar-refractivity contribution in [2.24, 2.45) is 0 Å². The van der Waals surface area contributed by atoms with E-state index in [0.29, 0.717) is 23.9 Å². The van der Waals surface area contributed by atoms with Gasteiger partial charge in [0.1, 0.15) is 19.3 Å². The summed E-state index contributed by atoms with van der Waals surface area (Å²) in [4.78, 5) is 40.1. The maximum absolute atomic E-state index is 13.6. The van der Waals surface area contributed by atoms with Crippen molar-refractivity contribution in [2.75, 3.05) is 40.9 Å². The van der Waals surface area contributed by atoms with Crippen molar-refractivity contribution in [2.45, 2.75) is 315 Å². The molecule has 0 saturated heterocycles. The lowest BCUT2D eigenvalue weighted by molar-refractivity contribution is -0.870. The molecule has 0 aromatic rings. The molecule has 83 heavy (non-hydrogen) atoms. The second-order valence-corrected chi connectivity index (χ2v) is 25.7. The molecule has 3 atom stereocenters. The lowest BCUT2D eigenvalue weighted by Crippen LogP contribution is -2.47. The SMILES string of the molecule is CC/C=C\C/C=C\C/C=C\C/C=C\C/C=C\CCCC(=O)OC(/C=C\CCCCCCCCCCCCC)C(COP(=O)([O-])OCC[N+](C)(C)C)NC(=O)CCCCCCCCCCCCCCCCCCC/C=C\C/C=C\CCCCC. The Bertz CT molecular complexity index is 1740. The Morgan fingerprint density at radius 1 is 0.434 bits per heavy atom. The van der Waals surface area contributed by atoms with Crippen LogP contribution in [0.3, 0.4) is 0 Å². The Kier molecular flexibility index (Phi) is 59.7. The molecule has 0 saturated carbocycles. The first-order valence-electron chi connectivity index (χ1n) is 34.5. The van der Waals surface area contributed by atoms with E-state index in [1.807, 2.05) is 33.3 Å². The lowest BCUT2D eigenvalue weighted by Gasteiger charge is -2.30. The summed E-state index contributed by atoms with van der Waals surface area (Å²) < 4.78 is 30.4. The number of nitrogens with zero attached hydrogens (tertiary/aromatic N) is 1. The fourth-order valence-electron chi connectivity index (χ4n) is 9.71. The van der Waals surface area contributed by atoms with Gasteiger partial charge in [-0.05, 0) is 102 Å². The second kappa shape index (κ2) is 62.0. The van der Waals surface area contributed by atoms with Crippen LogP contribution in [0.1, 0.15) is 303 Å². The number of rotatable bonds is 62. The molecule has 9 nitrogen and oxygen atoms in total. The van der Waals surface area contributed by atoms with Crippen LogP contribution in [0.5, 0.6) is 0 Å². The van der Waals surface area contributed by atoms with Gasteiger partial charge in [-0.1, -0.05) is 285 Å². The van der Waals surface area contributed by atoms with Gasteiger partial charge in [0.05, 0.1) is 33.8 Å². The minimum absolute atomic E-state index is 0.0339. The number of amides is 1. The highest BCUT2D eigenvalue weighted by Gasteiger charge is 2.27. The van der Waals surface area contributed by atoms with Crippen molar-refractivity contribution in [1.29, 1.82) is 0 Å². The maximum Gasteiger partial charge on any atom is 0.306 e. The van der Waals surface area contributed by atoms with Crippen molar-refractivity contribution in [3.8, 4) is 0 Å². The van der Waals surface area contributed by atoms with Gasteiger partial charge in [-0.2, -0.15) is 0 Å². The van der Waals surface area contributed by atoms with Crippen LogP contribution in [-0.2, 0) is 27.9 Å². The highest BCUT2D eigenvalue weighted by molar-refractivity contribution is 7.45. The predicted molar refractivity (Wildman–Crippen MR) is 358 cm³/mol. The monoisotopic (exact) mass is 1180 g/mol. The average molecular weight is 1180 g/mol. The van der Waals surface area contributed by atoms with Crippen molar-refractivity contribution in [3.63, 3.8) is 0 Å². The molecule has 0 aromatic heterocycles. The molecule has 0 aliphatic rings. The molecule has 1 N–H and O–H groups in total. The molecule has 0 aromatic carbocycles. The number of hydrogen-bond acceptors (Lipinski definition) is 7. The van der Waals surface area contributed by atoms with Gasteiger partial charge in [0, 0.05) is 12.8 Å². The van der Waals surface area contributed by atoms with E-state index in [1.54, 1.807) is 0 Å². The van der Waals surface area contributed by atoms with E-state index >= 15 is 0 Å². The number of nitrogens with one attached hydrogen (secondary N) is 1. The van der Waals surface area contributed by atoms with Crippen LogP contribution in [0.4, 0.5) is 0 Å². The van der Waals surface area contributed by atoms with Crippen LogP contribution in [0, 0.1) is 0 Å². The normalized spacial score (nSPS) is 14.2. The van der Waals surface area contributed by atoms with Crippen molar-refractivity contribution in [1.82, 2.24) is 5.32 Å². The average Bonchev–Trinajstić information content (AvgIpc) is 3.47. The third kappa shape index (κ3) is 63.3. The van der Waals surface area contributed by atoms with Gasteiger partial charge >= 0.3 is 5.97 Å². The molecular weight excluding hydrogens is 1050 g/mol. The van der Waals surface area contributed by atoms with Crippen molar-refractivity contribution in [3.05, 3.63) is 97.2 Å². The highest BCUT2D eigenvalue weighted by Crippen LogP contribution is 2.38. The summed E-state index contributed by atoms with van der Waals surface area (Å²) in [7, 11) is 1.15. The van der Waals surface area contributed by atoms with E-state index in [2.05, 4.69) is 111 Å². The summed E-state index contributed by atoms with van der Waals surface area (Å²) in [5.41, 5.74) is 0. The zero-order chi connectivity index (χ0) is 60.7. The number of likely N-dealkylation sites (N-methyl/N-ethyl adjacent to an activating group) is 1. The summed E-state index contributed by atoms with van der Waals surface area (Å²) >= 11 is 0. The van der Waals surface area contributed by atoms with Gasteiger partial charge in [0.15, 0.2) is 0 Å². The molecule has 0 radical (unpaired) electrons. The van der Waals surface area contributed by atoms with Crippen molar-refractivity contribution < 1.29 is 37.3 Å². The molecule has 10 heteroatoms. The van der Waals surface area contributed by atoms with Crippen LogP contribution >= 0.6 is 7.82 Å². The van der Waals surface area contributed by atoms with E-state index in [1.165, 1.54) is 180 Å². The first kappa shape index (κ1) is 79.9. The molecule has 3 unspecified atom stereocenters. The van der Waals surface area contributed by atoms with E-state index < -0.39 is 32.5 Å². The molecule has 0 aliphatic carbocycles. The first-order valence-corrected chi connectivity index (χ1v) is 36.0. The number of esters is 1. The molecule has 0 heterocycles. The first-order chi connectivity index (χ1) is 40.4. The van der Waals surface area contributed by atoms with Crippen molar-refractivity contribution >= 4 is 19.7 Å². The number of allylic oxidation sites excluding steroid dienone is 15. The van der Waals surface area contributed by atoms with Gasteiger partial charge in [-0.15, -0.1) is 0 Å². The van der Waals surface area contributed by atoms with E-state index in [-0.39, 0.29) is 18.9 Å². The van der Waals surface area contributed by atoms with Crippen LogP contribution in [0.25, 0.3) is 0 Å². The summed E-state index contributed by atoms with van der Waals surface area (Å²) in [6.45, 7) is 6.69. The Morgan fingerprint density at radius 3 is 1.20 bits per heavy atom. The third-order valence-electron chi connectivity index (χ3n) is 15.0. The quantitative estimate of drug-likeness (QED) is 0.0212. The largest absolute Gasteiger partial charge is 0.756 e. The van der Waals surface area contributed by atoms with Crippen LogP contribution in [0.2, 0.25) is 0 Å². The molecule has 0 spiro atoms. The number of quaternary nitrogens is 1. The fraction of sp³-hybridized carbons (Fsp3) is 0.753. The van der Waals surface area contributed by atoms with Crippen LogP contribution in [0.15, 0.2) is 97.2 Å². The topological polar surface area (TPSA) is 114 Å². The van der Waals surface area contributed by atoms with Crippen LogP contribution in [-0.4, -0.2) is 69.4 Å². The summed E-state index contributed by atoms with van der Waals surface area (Å²) in [6, 6.07) is -0.916. The Balaban J connectivity index is 5.12. The third-order valence-corrected chi connectivity index (χ3v) is 16.0. The lowest BCUT2D eigenvalue weighted by atomic mass is 10.0. The number of carbonyl (C=O) groups excluding carboxylic acids is 2. The molecule has 0 fully saturated rings. The number of unbranched alkanes of at least 4 members (excludes halogenated alkanes) is 32. The molecule has 480 valence electrons. The Labute approximate surface area is 513 Å². The standard InChI is InChI=1S/C73H131N2O7P/c1-7-10-13-16-19-22-25-28-30-32-33-34-35-36-37-38-39-40-41-43-44-47-50-53-56-59-62-65-72(76)74-70(69-81-83(78,79)80-68-67-75(4,5)6)71(64-61-58-55-52-49-46-27-24-21-18-15-12-9-3)82-73(77)66-63-60-57-54-51-48-45-42-31-29-26-23-20-17-14-11-8-2/h11,14,19-20,22-23,28-31,45,48,54,57,61,64,70-71H,7-10,12-13,15-18,21,24-27,32-44,46-47,49-53,55-56,58-60,62-63,65-69H2,1-6H3,(H-,74,76,78,79)/b14-11-,22-19-,23-20-,30-28-,31-29-,48-45-,57-54-,64-61-. The number of phosphoric ester groups is 1. The number of phosphoric acid groups is 1. The predicted octanol–water partition coefficient (Wildman–Crippen LogP) is 21.3. The number of hydrogen-bond donors (Lipinski definition) is 1. The molecular formula is C73H131N2O7P. The molecule has 1 amide bonds. The maximum atomic E-state index is 13.6. The minimum atomic E-state index is -4.72. The number of carbonyl (C=O) groups is 2. The zero-order valence-corrected chi connectivity index (χ0v) is 55.8. The van der Waals surface area contributed by atoms with E-state index in [4.69, 9.17) is 13.8 Å². The minimum Gasteiger partial charge on any atom is -0.756 e.